The molecule has 0 aliphatic carbocycles. The summed E-state index contributed by atoms with van der Waals surface area (Å²) >= 11 is 11.4. The zero-order chi connectivity index (χ0) is 15.6. The Morgan fingerprint density at radius 1 is 1.29 bits per heavy atom. The van der Waals surface area contributed by atoms with E-state index in [0.717, 1.165) is 7.57 Å². The van der Waals surface area contributed by atoms with Crippen molar-refractivity contribution in [1.29, 1.82) is 0 Å². The van der Waals surface area contributed by atoms with Gasteiger partial charge in [0.15, 0.2) is 5.84 Å². The van der Waals surface area contributed by atoms with E-state index >= 15 is 0 Å². The SMILES string of the molecule is N/C(=N/O)c1ccc(NC(=O)c2cc(Br)sc2Br)c(Br)c1. The van der Waals surface area contributed by atoms with Crippen LogP contribution in [0.15, 0.2) is 41.5 Å². The first-order chi connectivity index (χ1) is 9.92. The number of hydrogen-bond donors (Lipinski definition) is 3. The van der Waals surface area contributed by atoms with Crippen LogP contribution < -0.4 is 11.1 Å². The zero-order valence-corrected chi connectivity index (χ0v) is 15.8. The predicted octanol–water partition coefficient (Wildman–Crippen LogP) is 4.38. The van der Waals surface area contributed by atoms with Crippen molar-refractivity contribution in [3.8, 4) is 0 Å². The van der Waals surface area contributed by atoms with Crippen LogP contribution in [0.2, 0.25) is 0 Å². The van der Waals surface area contributed by atoms with Gasteiger partial charge < -0.3 is 16.3 Å². The number of nitrogens with two attached hydrogens (primary N) is 1. The highest BCUT2D eigenvalue weighted by atomic mass is 79.9. The molecule has 1 amide bonds. The molecule has 0 spiro atoms. The molecular weight excluding hydrogens is 490 g/mol. The van der Waals surface area contributed by atoms with Crippen LogP contribution in [-0.2, 0) is 0 Å². The van der Waals surface area contributed by atoms with Gasteiger partial charge in [-0.05, 0) is 72.1 Å². The number of nitrogens with one attached hydrogen (secondary N) is 1. The molecule has 2 rings (SSSR count). The van der Waals surface area contributed by atoms with Gasteiger partial charge in [-0.3, -0.25) is 4.79 Å². The van der Waals surface area contributed by atoms with Crippen molar-refractivity contribution in [2.24, 2.45) is 10.9 Å². The number of halogens is 3. The highest BCUT2D eigenvalue weighted by molar-refractivity contribution is 9.12. The lowest BCUT2D eigenvalue weighted by molar-refractivity contribution is 0.102. The van der Waals surface area contributed by atoms with E-state index in [1.54, 1.807) is 24.3 Å². The first-order valence-corrected chi connectivity index (χ1v) is 8.65. The van der Waals surface area contributed by atoms with Crippen molar-refractivity contribution < 1.29 is 10.0 Å². The molecule has 0 aliphatic heterocycles. The third-order valence-corrected chi connectivity index (χ3v) is 5.52. The molecule has 0 atom stereocenters. The van der Waals surface area contributed by atoms with Crippen molar-refractivity contribution in [3.05, 3.63) is 47.4 Å². The number of nitrogens with zero attached hydrogens (tertiary/aromatic N) is 1. The molecule has 0 saturated heterocycles. The average Bonchev–Trinajstić information content (AvgIpc) is 2.79. The number of amides is 1. The van der Waals surface area contributed by atoms with E-state index < -0.39 is 0 Å². The number of anilines is 1. The third kappa shape index (κ3) is 3.85. The summed E-state index contributed by atoms with van der Waals surface area (Å²) < 4.78 is 2.24. The maximum Gasteiger partial charge on any atom is 0.257 e. The number of rotatable bonds is 3. The van der Waals surface area contributed by atoms with Crippen LogP contribution in [0.25, 0.3) is 0 Å². The molecule has 0 radical (unpaired) electrons. The van der Waals surface area contributed by atoms with Gasteiger partial charge in [-0.25, -0.2) is 0 Å². The lowest BCUT2D eigenvalue weighted by atomic mass is 10.2. The van der Waals surface area contributed by atoms with Gasteiger partial charge in [0.1, 0.15) is 0 Å². The fourth-order valence-corrected chi connectivity index (χ4v) is 4.79. The van der Waals surface area contributed by atoms with Gasteiger partial charge in [0.05, 0.1) is 18.8 Å². The fraction of sp³-hybridized carbons (Fsp3) is 0. The minimum absolute atomic E-state index is 0.00177. The van der Waals surface area contributed by atoms with Crippen LogP contribution in [0.4, 0.5) is 5.69 Å². The van der Waals surface area contributed by atoms with Gasteiger partial charge in [-0.15, -0.1) is 11.3 Å². The van der Waals surface area contributed by atoms with Crippen LogP contribution in [0, 0.1) is 0 Å². The summed E-state index contributed by atoms with van der Waals surface area (Å²) in [6.07, 6.45) is 0. The molecule has 21 heavy (non-hydrogen) atoms. The average molecular weight is 498 g/mol. The number of benzene rings is 1. The lowest BCUT2D eigenvalue weighted by Gasteiger charge is -2.08. The summed E-state index contributed by atoms with van der Waals surface area (Å²) in [5, 5.41) is 14.4. The second-order valence-electron chi connectivity index (χ2n) is 3.87. The van der Waals surface area contributed by atoms with Crippen molar-refractivity contribution in [1.82, 2.24) is 0 Å². The highest BCUT2D eigenvalue weighted by Gasteiger charge is 2.15. The van der Waals surface area contributed by atoms with Crippen molar-refractivity contribution in [2.45, 2.75) is 0 Å². The molecule has 0 saturated carbocycles. The van der Waals surface area contributed by atoms with E-state index in [1.807, 2.05) is 0 Å². The summed E-state index contributed by atoms with van der Waals surface area (Å²) in [5.74, 6) is -0.237. The minimum atomic E-state index is -0.235. The zero-order valence-electron chi connectivity index (χ0n) is 10.2. The lowest BCUT2D eigenvalue weighted by Crippen LogP contribution is -2.15. The Morgan fingerprint density at radius 2 is 2.00 bits per heavy atom. The van der Waals surface area contributed by atoms with Gasteiger partial charge in [-0.1, -0.05) is 5.16 Å². The van der Waals surface area contributed by atoms with Crippen LogP contribution in [-0.4, -0.2) is 17.0 Å². The molecule has 0 bridgehead atoms. The summed E-state index contributed by atoms with van der Waals surface area (Å²) in [6, 6.07) is 6.71. The van der Waals surface area contributed by atoms with Crippen LogP contribution >= 0.6 is 59.1 Å². The van der Waals surface area contributed by atoms with Crippen LogP contribution in [0.3, 0.4) is 0 Å². The second kappa shape index (κ2) is 6.91. The van der Waals surface area contributed by atoms with Crippen LogP contribution in [0.5, 0.6) is 0 Å². The smallest absolute Gasteiger partial charge is 0.257 e. The van der Waals surface area contributed by atoms with Gasteiger partial charge in [0.2, 0.25) is 0 Å². The minimum Gasteiger partial charge on any atom is -0.409 e. The molecule has 9 heteroatoms. The summed E-state index contributed by atoms with van der Waals surface area (Å²) in [7, 11) is 0. The Kier molecular flexibility index (Phi) is 5.42. The van der Waals surface area contributed by atoms with E-state index in [1.165, 1.54) is 11.3 Å². The Hall–Kier alpha value is -0.900. The highest BCUT2D eigenvalue weighted by Crippen LogP contribution is 2.33. The van der Waals surface area contributed by atoms with Crippen LogP contribution in [0.1, 0.15) is 15.9 Å². The van der Waals surface area contributed by atoms with E-state index in [0.29, 0.717) is 21.3 Å². The molecule has 1 aromatic carbocycles. The first-order valence-electron chi connectivity index (χ1n) is 5.46. The fourth-order valence-electron chi connectivity index (χ4n) is 1.52. The molecule has 110 valence electrons. The van der Waals surface area contributed by atoms with Crippen molar-refractivity contribution in [2.75, 3.05) is 5.32 Å². The Labute approximate surface area is 149 Å². The normalized spacial score (nSPS) is 11.5. The topological polar surface area (TPSA) is 87.7 Å². The van der Waals surface area contributed by atoms with Gasteiger partial charge in [-0.2, -0.15) is 0 Å². The number of hydrogen-bond acceptors (Lipinski definition) is 4. The van der Waals surface area contributed by atoms with E-state index in [-0.39, 0.29) is 11.7 Å². The molecule has 0 fully saturated rings. The standard InChI is InChI=1S/C12H8Br3N3O2S/c13-7-3-5(11(16)18-20)1-2-8(7)17-12(19)6-4-9(14)21-10(6)15/h1-4,20H,(H2,16,18)(H,17,19). The Bertz CT molecular complexity index is 731. The van der Waals surface area contributed by atoms with Crippen molar-refractivity contribution in [3.63, 3.8) is 0 Å². The Morgan fingerprint density at radius 3 is 2.52 bits per heavy atom. The molecule has 5 nitrogen and oxygen atoms in total. The maximum atomic E-state index is 12.2. The molecule has 4 N–H and O–H groups in total. The Balaban J connectivity index is 2.24. The molecule has 1 aromatic heterocycles. The second-order valence-corrected chi connectivity index (χ2v) is 8.48. The number of amidine groups is 1. The number of thiophene rings is 1. The van der Waals surface area contributed by atoms with Gasteiger partial charge in [0, 0.05) is 10.0 Å². The number of carbonyl (C=O) groups excluding carboxylic acids is 1. The van der Waals surface area contributed by atoms with E-state index in [4.69, 9.17) is 10.9 Å². The maximum absolute atomic E-state index is 12.2. The molecule has 2 aromatic rings. The molecular formula is C12H8Br3N3O2S. The summed E-state index contributed by atoms with van der Waals surface area (Å²) in [4.78, 5) is 12.2. The molecule has 0 aliphatic rings. The third-order valence-electron chi connectivity index (χ3n) is 2.52. The van der Waals surface area contributed by atoms with Crippen molar-refractivity contribution >= 4 is 76.6 Å². The summed E-state index contributed by atoms with van der Waals surface area (Å²) in [6.45, 7) is 0. The van der Waals surface area contributed by atoms with E-state index in [2.05, 4.69) is 58.3 Å². The monoisotopic (exact) mass is 495 g/mol. The largest absolute Gasteiger partial charge is 0.409 e. The van der Waals surface area contributed by atoms with E-state index in [9.17, 15) is 4.79 Å². The van der Waals surface area contributed by atoms with Gasteiger partial charge >= 0.3 is 0 Å². The number of oxime groups is 1. The molecule has 1 heterocycles. The molecule has 0 unspecified atom stereocenters. The van der Waals surface area contributed by atoms with Gasteiger partial charge in [0.25, 0.3) is 5.91 Å². The quantitative estimate of drug-likeness (QED) is 0.254. The first kappa shape index (κ1) is 16.5. The summed E-state index contributed by atoms with van der Waals surface area (Å²) in [5.41, 5.74) is 7.18. The number of carbonyl (C=O) groups is 1. The predicted molar refractivity (Wildman–Crippen MR) is 94.3 cm³/mol.